The van der Waals surface area contributed by atoms with E-state index in [9.17, 15) is 5.11 Å². The summed E-state index contributed by atoms with van der Waals surface area (Å²) in [4.78, 5) is 0. The maximum atomic E-state index is 9.28. The van der Waals surface area contributed by atoms with E-state index in [0.29, 0.717) is 6.61 Å². The Bertz CT molecular complexity index is 356. The molecule has 1 aliphatic rings. The van der Waals surface area contributed by atoms with E-state index < -0.39 is 0 Å². The second-order valence-electron chi connectivity index (χ2n) is 3.79. The van der Waals surface area contributed by atoms with E-state index in [0.717, 1.165) is 15.8 Å². The van der Waals surface area contributed by atoms with E-state index in [4.69, 9.17) is 4.74 Å². The van der Waals surface area contributed by atoms with Gasteiger partial charge in [-0.15, -0.1) is 0 Å². The number of hydrogen-bond acceptors (Lipinski definition) is 2. The molecular weight excluding hydrogens is 258 g/mol. The zero-order valence-electron chi connectivity index (χ0n) is 8.61. The van der Waals surface area contributed by atoms with Crippen LogP contribution in [0.4, 0.5) is 0 Å². The molecule has 2 atom stereocenters. The second kappa shape index (κ2) is 4.51. The lowest BCUT2D eigenvalue weighted by Crippen LogP contribution is -2.83. The fourth-order valence-corrected chi connectivity index (χ4v) is 2.46. The number of aliphatic hydroxyl groups is 1. The van der Waals surface area contributed by atoms with Gasteiger partial charge >= 0.3 is 0 Å². The Hall–Kier alpha value is -0.580. The van der Waals surface area contributed by atoms with Crippen LogP contribution in [0.2, 0.25) is 0 Å². The smallest absolute Gasteiger partial charge is 0.128 e. The van der Waals surface area contributed by atoms with Gasteiger partial charge in [-0.2, -0.15) is 0 Å². The number of halogens is 1. The van der Waals surface area contributed by atoms with E-state index >= 15 is 0 Å². The summed E-state index contributed by atoms with van der Waals surface area (Å²) in [5, 5.41) is 11.4. The molecule has 1 aliphatic heterocycles. The number of aliphatic hydroxyl groups excluding tert-OH is 1. The van der Waals surface area contributed by atoms with E-state index in [1.165, 1.54) is 0 Å². The average Bonchev–Trinajstić information content (AvgIpc) is 2.27. The third-order valence-electron chi connectivity index (χ3n) is 2.89. The molecule has 3 N–H and O–H groups in total. The highest BCUT2D eigenvalue weighted by Crippen LogP contribution is 2.34. The molecule has 0 saturated carbocycles. The summed E-state index contributed by atoms with van der Waals surface area (Å²) in [7, 11) is 2.03. The number of ether oxygens (including phenoxy) is 1. The van der Waals surface area contributed by atoms with E-state index in [1.807, 2.05) is 19.2 Å². The van der Waals surface area contributed by atoms with Crippen molar-refractivity contribution in [2.24, 2.45) is 5.92 Å². The van der Waals surface area contributed by atoms with Crippen LogP contribution in [0.1, 0.15) is 11.6 Å². The predicted octanol–water partition coefficient (Wildman–Crippen LogP) is 0.684. The number of benzene rings is 1. The molecule has 82 valence electrons. The van der Waals surface area contributed by atoms with E-state index in [1.54, 1.807) is 0 Å². The van der Waals surface area contributed by atoms with Crippen molar-refractivity contribution in [1.29, 1.82) is 0 Å². The zero-order valence-corrected chi connectivity index (χ0v) is 10.2. The van der Waals surface area contributed by atoms with Crippen LogP contribution < -0.4 is 10.1 Å². The van der Waals surface area contributed by atoms with Gasteiger partial charge in [-0.05, 0) is 18.2 Å². The van der Waals surface area contributed by atoms with Gasteiger partial charge < -0.3 is 15.2 Å². The van der Waals surface area contributed by atoms with Gasteiger partial charge in [-0.3, -0.25) is 0 Å². The van der Waals surface area contributed by atoms with Crippen LogP contribution in [0, 0.1) is 5.92 Å². The molecule has 3 nitrogen and oxygen atoms in total. The van der Waals surface area contributed by atoms with Crippen LogP contribution in [0.25, 0.3) is 0 Å². The van der Waals surface area contributed by atoms with Crippen molar-refractivity contribution < 1.29 is 15.2 Å². The van der Waals surface area contributed by atoms with Crippen LogP contribution in [-0.4, -0.2) is 25.4 Å². The average molecular weight is 273 g/mol. The number of quaternary nitrogens is 1. The highest BCUT2D eigenvalue weighted by Gasteiger charge is 2.32. The van der Waals surface area contributed by atoms with Gasteiger partial charge in [0, 0.05) is 4.47 Å². The van der Waals surface area contributed by atoms with Crippen LogP contribution in [0.15, 0.2) is 22.7 Å². The molecule has 0 bridgehead atoms. The molecule has 15 heavy (non-hydrogen) atoms. The first-order chi connectivity index (χ1) is 7.26. The highest BCUT2D eigenvalue weighted by molar-refractivity contribution is 9.10. The number of hydrogen-bond donors (Lipinski definition) is 2. The summed E-state index contributed by atoms with van der Waals surface area (Å²) < 4.78 is 6.66. The van der Waals surface area contributed by atoms with Crippen molar-refractivity contribution in [3.8, 4) is 5.75 Å². The van der Waals surface area contributed by atoms with Crippen LogP contribution in [0.5, 0.6) is 5.75 Å². The highest BCUT2D eigenvalue weighted by atomic mass is 79.9. The maximum absolute atomic E-state index is 9.28. The molecule has 4 heteroatoms. The van der Waals surface area contributed by atoms with Crippen molar-refractivity contribution in [2.75, 3.05) is 20.3 Å². The Labute approximate surface area is 97.6 Å². The number of fused-ring (bicyclic) bond motifs is 1. The molecule has 0 amide bonds. The van der Waals surface area contributed by atoms with Gasteiger partial charge in [0.1, 0.15) is 11.8 Å². The molecule has 2 rings (SSSR count). The molecule has 0 saturated heterocycles. The zero-order chi connectivity index (χ0) is 10.8. The summed E-state index contributed by atoms with van der Waals surface area (Å²) >= 11 is 3.46. The fourth-order valence-electron chi connectivity index (χ4n) is 2.08. The molecule has 1 aromatic rings. The summed E-state index contributed by atoms with van der Waals surface area (Å²) in [5.41, 5.74) is 1.16. The Balaban J connectivity index is 2.39. The first-order valence-corrected chi connectivity index (χ1v) is 5.88. The van der Waals surface area contributed by atoms with Crippen LogP contribution in [-0.2, 0) is 0 Å². The molecule has 0 aliphatic carbocycles. The second-order valence-corrected chi connectivity index (χ2v) is 4.71. The van der Waals surface area contributed by atoms with Gasteiger partial charge in [-0.25, -0.2) is 0 Å². The van der Waals surface area contributed by atoms with Gasteiger partial charge in [0.2, 0.25) is 0 Å². The lowest BCUT2D eigenvalue weighted by molar-refractivity contribution is -0.679. The first-order valence-electron chi connectivity index (χ1n) is 5.09. The minimum Gasteiger partial charge on any atom is -0.492 e. The minimum absolute atomic E-state index is 0.168. The van der Waals surface area contributed by atoms with Crippen LogP contribution in [0.3, 0.4) is 0 Å². The third kappa shape index (κ3) is 2.02. The monoisotopic (exact) mass is 272 g/mol. The standard InChI is InChI=1S/C11H14BrNO2/c1-13-11-7(5-14)6-15-10-3-2-8(12)4-9(10)11/h2-4,7,11,13-14H,5-6H2,1H3/p+1/t7-,11+/m0/s1. The molecule has 1 aromatic carbocycles. The molecule has 1 heterocycles. The van der Waals surface area contributed by atoms with Crippen molar-refractivity contribution in [3.05, 3.63) is 28.2 Å². The van der Waals surface area contributed by atoms with Crippen molar-refractivity contribution >= 4 is 15.9 Å². The molecule has 0 unspecified atom stereocenters. The quantitative estimate of drug-likeness (QED) is 0.832. The van der Waals surface area contributed by atoms with Gasteiger partial charge in [0.25, 0.3) is 0 Å². The van der Waals surface area contributed by atoms with Gasteiger partial charge in [0.15, 0.2) is 0 Å². The van der Waals surface area contributed by atoms with Gasteiger partial charge in [-0.1, -0.05) is 15.9 Å². The minimum atomic E-state index is 0.168. The number of rotatable bonds is 2. The lowest BCUT2D eigenvalue weighted by Gasteiger charge is -2.29. The largest absolute Gasteiger partial charge is 0.492 e. The topological polar surface area (TPSA) is 46.1 Å². The Morgan fingerprint density at radius 1 is 1.60 bits per heavy atom. The lowest BCUT2D eigenvalue weighted by atomic mass is 9.91. The summed E-state index contributed by atoms with van der Waals surface area (Å²) in [6.45, 7) is 0.765. The fraction of sp³-hybridized carbons (Fsp3) is 0.455. The third-order valence-corrected chi connectivity index (χ3v) is 3.38. The molecule has 0 aromatic heterocycles. The van der Waals surface area contributed by atoms with Crippen LogP contribution >= 0.6 is 15.9 Å². The number of nitrogens with two attached hydrogens (primary N) is 1. The Kier molecular flexibility index (Phi) is 3.29. The molecule has 0 spiro atoms. The summed E-state index contributed by atoms with van der Waals surface area (Å²) in [6.07, 6.45) is 0. The molecule has 0 radical (unpaired) electrons. The summed E-state index contributed by atoms with van der Waals surface area (Å²) in [6, 6.07) is 6.31. The predicted molar refractivity (Wildman–Crippen MR) is 60.8 cm³/mol. The maximum Gasteiger partial charge on any atom is 0.128 e. The SMILES string of the molecule is C[NH2+][C@H]1c2cc(Br)ccc2OC[C@@H]1CO. The Morgan fingerprint density at radius 2 is 2.40 bits per heavy atom. The van der Waals surface area contributed by atoms with E-state index in [-0.39, 0.29) is 18.6 Å². The summed E-state index contributed by atoms with van der Waals surface area (Å²) in [5.74, 6) is 1.11. The Morgan fingerprint density at radius 3 is 3.07 bits per heavy atom. The molecular formula is C11H15BrNO2+. The van der Waals surface area contributed by atoms with Crippen molar-refractivity contribution in [3.63, 3.8) is 0 Å². The van der Waals surface area contributed by atoms with E-state index in [2.05, 4.69) is 27.3 Å². The van der Waals surface area contributed by atoms with Gasteiger partial charge in [0.05, 0.1) is 31.7 Å². The van der Waals surface area contributed by atoms with Crippen molar-refractivity contribution in [2.45, 2.75) is 6.04 Å². The van der Waals surface area contributed by atoms with Crippen molar-refractivity contribution in [1.82, 2.24) is 0 Å². The molecule has 0 fully saturated rings. The normalized spacial score (nSPS) is 24.5. The first kappa shape index (κ1) is 10.9.